The quantitative estimate of drug-likeness (QED) is 0.725. The zero-order valence-electron chi connectivity index (χ0n) is 12.0. The number of benzene rings is 1. The second-order valence-corrected chi connectivity index (χ2v) is 4.99. The molecule has 0 aliphatic carbocycles. The average molecular weight is 291 g/mol. The van der Waals surface area contributed by atoms with Crippen molar-refractivity contribution in [3.05, 3.63) is 54.7 Å². The SMILES string of the molecule is Cc1ncc(-c2ccc3c(c2)OCO3)c(-c2cccnc2)n1. The first-order valence-electron chi connectivity index (χ1n) is 6.95. The number of rotatable bonds is 2. The van der Waals surface area contributed by atoms with E-state index in [0.717, 1.165) is 39.7 Å². The van der Waals surface area contributed by atoms with Crippen LogP contribution in [0.1, 0.15) is 5.82 Å². The normalized spacial score (nSPS) is 12.4. The second-order valence-electron chi connectivity index (χ2n) is 4.99. The third-order valence-electron chi connectivity index (χ3n) is 3.53. The lowest BCUT2D eigenvalue weighted by Gasteiger charge is -2.10. The fourth-order valence-electron chi connectivity index (χ4n) is 2.47. The molecule has 0 spiro atoms. The molecular formula is C17H13N3O2. The Morgan fingerprint density at radius 1 is 1.00 bits per heavy atom. The Hall–Kier alpha value is -2.95. The van der Waals surface area contributed by atoms with Gasteiger partial charge in [-0.1, -0.05) is 6.07 Å². The van der Waals surface area contributed by atoms with Gasteiger partial charge in [-0.25, -0.2) is 9.97 Å². The van der Waals surface area contributed by atoms with E-state index in [2.05, 4.69) is 15.0 Å². The minimum absolute atomic E-state index is 0.263. The number of fused-ring (bicyclic) bond motifs is 1. The molecule has 3 aromatic rings. The van der Waals surface area contributed by atoms with Crippen molar-refractivity contribution in [1.29, 1.82) is 0 Å². The first-order valence-corrected chi connectivity index (χ1v) is 6.95. The van der Waals surface area contributed by atoms with Gasteiger partial charge in [-0.15, -0.1) is 0 Å². The van der Waals surface area contributed by atoms with Gasteiger partial charge in [0.2, 0.25) is 6.79 Å². The standard InChI is InChI=1S/C17H13N3O2/c1-11-19-9-14(17(20-11)13-3-2-6-18-8-13)12-4-5-15-16(7-12)22-10-21-15/h2-9H,10H2,1H3. The minimum atomic E-state index is 0.263. The van der Waals surface area contributed by atoms with Crippen LogP contribution in [0.15, 0.2) is 48.9 Å². The number of hydrogen-bond donors (Lipinski definition) is 0. The smallest absolute Gasteiger partial charge is 0.231 e. The first kappa shape index (κ1) is 12.8. The second kappa shape index (κ2) is 5.11. The number of aryl methyl sites for hydroxylation is 1. The van der Waals surface area contributed by atoms with Gasteiger partial charge < -0.3 is 9.47 Å². The molecule has 0 saturated heterocycles. The monoisotopic (exact) mass is 291 g/mol. The van der Waals surface area contributed by atoms with Crippen molar-refractivity contribution < 1.29 is 9.47 Å². The van der Waals surface area contributed by atoms with Gasteiger partial charge in [0.05, 0.1) is 5.69 Å². The molecule has 0 unspecified atom stereocenters. The van der Waals surface area contributed by atoms with Crippen LogP contribution in [0.25, 0.3) is 22.4 Å². The van der Waals surface area contributed by atoms with Gasteiger partial charge in [0.15, 0.2) is 11.5 Å². The van der Waals surface area contributed by atoms with Gasteiger partial charge in [-0.3, -0.25) is 4.98 Å². The van der Waals surface area contributed by atoms with E-state index in [9.17, 15) is 0 Å². The van der Waals surface area contributed by atoms with Crippen molar-refractivity contribution in [3.63, 3.8) is 0 Å². The van der Waals surface area contributed by atoms with E-state index in [0.29, 0.717) is 0 Å². The van der Waals surface area contributed by atoms with Crippen LogP contribution in [0, 0.1) is 6.92 Å². The number of ether oxygens (including phenoxy) is 2. The molecule has 0 atom stereocenters. The maximum atomic E-state index is 5.45. The predicted octanol–water partition coefficient (Wildman–Crippen LogP) is 3.24. The summed E-state index contributed by atoms with van der Waals surface area (Å²) in [6.45, 7) is 2.14. The van der Waals surface area contributed by atoms with Gasteiger partial charge in [0.1, 0.15) is 5.82 Å². The van der Waals surface area contributed by atoms with Crippen molar-refractivity contribution in [2.45, 2.75) is 6.92 Å². The van der Waals surface area contributed by atoms with Gasteiger partial charge >= 0.3 is 0 Å². The maximum absolute atomic E-state index is 5.45. The molecule has 22 heavy (non-hydrogen) atoms. The van der Waals surface area contributed by atoms with E-state index < -0.39 is 0 Å². The molecule has 1 aliphatic heterocycles. The molecule has 0 fully saturated rings. The summed E-state index contributed by atoms with van der Waals surface area (Å²) in [5.41, 5.74) is 3.75. The van der Waals surface area contributed by atoms with Crippen LogP contribution < -0.4 is 9.47 Å². The minimum Gasteiger partial charge on any atom is -0.454 e. The molecule has 0 amide bonds. The van der Waals surface area contributed by atoms with Crippen LogP contribution in [0.3, 0.4) is 0 Å². The van der Waals surface area contributed by atoms with Crippen LogP contribution in [-0.4, -0.2) is 21.7 Å². The Morgan fingerprint density at radius 3 is 2.77 bits per heavy atom. The van der Waals surface area contributed by atoms with Crippen LogP contribution in [0.2, 0.25) is 0 Å². The van der Waals surface area contributed by atoms with Crippen LogP contribution in [0.4, 0.5) is 0 Å². The summed E-state index contributed by atoms with van der Waals surface area (Å²) in [5, 5.41) is 0. The van der Waals surface area contributed by atoms with Crippen LogP contribution in [-0.2, 0) is 0 Å². The molecule has 5 heteroatoms. The summed E-state index contributed by atoms with van der Waals surface area (Å²) in [4.78, 5) is 13.1. The van der Waals surface area contributed by atoms with Gasteiger partial charge in [-0.05, 0) is 36.8 Å². The fraction of sp³-hybridized carbons (Fsp3) is 0.118. The molecule has 2 aromatic heterocycles. The fourth-order valence-corrected chi connectivity index (χ4v) is 2.47. The third kappa shape index (κ3) is 2.16. The zero-order valence-corrected chi connectivity index (χ0v) is 12.0. The Morgan fingerprint density at radius 2 is 1.91 bits per heavy atom. The van der Waals surface area contributed by atoms with Crippen molar-refractivity contribution in [3.8, 4) is 33.9 Å². The topological polar surface area (TPSA) is 57.1 Å². The summed E-state index contributed by atoms with van der Waals surface area (Å²) < 4.78 is 10.8. The summed E-state index contributed by atoms with van der Waals surface area (Å²) in [6.07, 6.45) is 5.39. The van der Waals surface area contributed by atoms with Gasteiger partial charge in [-0.2, -0.15) is 0 Å². The highest BCUT2D eigenvalue weighted by atomic mass is 16.7. The predicted molar refractivity (Wildman–Crippen MR) is 81.6 cm³/mol. The molecule has 1 aliphatic rings. The first-order chi connectivity index (χ1) is 10.8. The molecule has 0 N–H and O–H groups in total. The largest absolute Gasteiger partial charge is 0.454 e. The van der Waals surface area contributed by atoms with E-state index in [1.807, 2.05) is 43.5 Å². The Labute approximate surface area is 127 Å². The molecule has 0 radical (unpaired) electrons. The molecule has 0 bridgehead atoms. The zero-order chi connectivity index (χ0) is 14.9. The lowest BCUT2D eigenvalue weighted by atomic mass is 10.0. The molecule has 108 valence electrons. The van der Waals surface area contributed by atoms with Crippen molar-refractivity contribution in [1.82, 2.24) is 15.0 Å². The highest BCUT2D eigenvalue weighted by molar-refractivity contribution is 5.81. The van der Waals surface area contributed by atoms with Crippen molar-refractivity contribution in [2.75, 3.05) is 6.79 Å². The van der Waals surface area contributed by atoms with E-state index >= 15 is 0 Å². The Bertz CT molecular complexity index is 835. The lowest BCUT2D eigenvalue weighted by molar-refractivity contribution is 0.174. The Kier molecular flexibility index (Phi) is 2.96. The summed E-state index contributed by atoms with van der Waals surface area (Å²) >= 11 is 0. The number of pyridine rings is 1. The number of nitrogens with zero attached hydrogens (tertiary/aromatic N) is 3. The van der Waals surface area contributed by atoms with Gasteiger partial charge in [0, 0.05) is 29.7 Å². The van der Waals surface area contributed by atoms with E-state index in [4.69, 9.17) is 9.47 Å². The van der Waals surface area contributed by atoms with Crippen LogP contribution in [0.5, 0.6) is 11.5 Å². The Balaban J connectivity index is 1.89. The highest BCUT2D eigenvalue weighted by Gasteiger charge is 2.16. The number of aromatic nitrogens is 3. The molecule has 4 rings (SSSR count). The summed E-state index contributed by atoms with van der Waals surface area (Å²) in [7, 11) is 0. The average Bonchev–Trinajstić information content (AvgIpc) is 3.03. The molecule has 3 heterocycles. The maximum Gasteiger partial charge on any atom is 0.231 e. The highest BCUT2D eigenvalue weighted by Crippen LogP contribution is 2.38. The van der Waals surface area contributed by atoms with Crippen molar-refractivity contribution >= 4 is 0 Å². The van der Waals surface area contributed by atoms with E-state index in [1.54, 1.807) is 12.4 Å². The van der Waals surface area contributed by atoms with Gasteiger partial charge in [0.25, 0.3) is 0 Å². The van der Waals surface area contributed by atoms with Crippen molar-refractivity contribution in [2.24, 2.45) is 0 Å². The lowest BCUT2D eigenvalue weighted by Crippen LogP contribution is -1.95. The van der Waals surface area contributed by atoms with E-state index in [1.165, 1.54) is 0 Å². The van der Waals surface area contributed by atoms with E-state index in [-0.39, 0.29) is 6.79 Å². The summed E-state index contributed by atoms with van der Waals surface area (Å²) in [6, 6.07) is 9.74. The molecule has 1 aromatic carbocycles. The van der Waals surface area contributed by atoms with Crippen LogP contribution >= 0.6 is 0 Å². The number of hydrogen-bond acceptors (Lipinski definition) is 5. The summed E-state index contributed by atoms with van der Waals surface area (Å²) in [5.74, 6) is 2.23. The third-order valence-corrected chi connectivity index (χ3v) is 3.53. The molecular weight excluding hydrogens is 278 g/mol. The molecule has 0 saturated carbocycles. The molecule has 5 nitrogen and oxygen atoms in total.